The molecule has 0 aliphatic rings. The van der Waals surface area contributed by atoms with Crippen LogP contribution in [0.1, 0.15) is 34.1 Å². The first kappa shape index (κ1) is 18.8. The van der Waals surface area contributed by atoms with Gasteiger partial charge in [0, 0.05) is 36.3 Å². The Labute approximate surface area is 160 Å². The number of aromatic nitrogens is 1. The van der Waals surface area contributed by atoms with E-state index in [1.165, 1.54) is 23.5 Å². The Balaban J connectivity index is 1.58. The molecule has 8 heteroatoms. The standard InChI is InChI=1S/C19H19N3O4S/c1-12-3-8-16(26-12)9-10-18(23)21-19-20-13(2)17(27-19)11-14-4-6-15(7-5-14)22(24)25/h3-8H,9-11H2,1-2H3,(H,20,21,23). The molecule has 27 heavy (non-hydrogen) atoms. The topological polar surface area (TPSA) is 98.3 Å². The summed E-state index contributed by atoms with van der Waals surface area (Å²) in [5, 5.41) is 14.1. The van der Waals surface area contributed by atoms with Crippen LogP contribution in [-0.2, 0) is 17.6 Å². The van der Waals surface area contributed by atoms with Crippen molar-refractivity contribution in [2.45, 2.75) is 33.1 Å². The van der Waals surface area contributed by atoms with Crippen LogP contribution in [0.3, 0.4) is 0 Å². The number of nitro benzene ring substituents is 1. The fourth-order valence-electron chi connectivity index (χ4n) is 2.60. The van der Waals surface area contributed by atoms with Gasteiger partial charge in [0.1, 0.15) is 11.5 Å². The van der Waals surface area contributed by atoms with Crippen molar-refractivity contribution in [1.82, 2.24) is 4.98 Å². The van der Waals surface area contributed by atoms with Crippen molar-refractivity contribution in [3.05, 3.63) is 74.2 Å². The second kappa shape index (κ2) is 8.13. The summed E-state index contributed by atoms with van der Waals surface area (Å²) in [6.07, 6.45) is 1.48. The smallest absolute Gasteiger partial charge is 0.269 e. The van der Waals surface area contributed by atoms with E-state index < -0.39 is 4.92 Å². The molecule has 2 aromatic heterocycles. The van der Waals surface area contributed by atoms with Crippen molar-refractivity contribution in [2.75, 3.05) is 5.32 Å². The number of carbonyl (C=O) groups is 1. The van der Waals surface area contributed by atoms with Gasteiger partial charge in [-0.25, -0.2) is 4.98 Å². The van der Waals surface area contributed by atoms with E-state index >= 15 is 0 Å². The molecule has 0 saturated carbocycles. The Kier molecular flexibility index (Phi) is 5.66. The Hall–Kier alpha value is -3.00. The van der Waals surface area contributed by atoms with Crippen LogP contribution in [0.2, 0.25) is 0 Å². The maximum Gasteiger partial charge on any atom is 0.269 e. The van der Waals surface area contributed by atoms with Gasteiger partial charge in [-0.2, -0.15) is 0 Å². The number of carbonyl (C=O) groups excluding carboxylic acids is 1. The van der Waals surface area contributed by atoms with Crippen LogP contribution >= 0.6 is 11.3 Å². The lowest BCUT2D eigenvalue weighted by Gasteiger charge is -2.00. The molecule has 0 bridgehead atoms. The van der Waals surface area contributed by atoms with Gasteiger partial charge in [0.25, 0.3) is 5.69 Å². The van der Waals surface area contributed by atoms with Crippen LogP contribution in [0.15, 0.2) is 40.8 Å². The largest absolute Gasteiger partial charge is 0.466 e. The first-order valence-corrected chi connectivity index (χ1v) is 9.27. The number of rotatable bonds is 7. The zero-order chi connectivity index (χ0) is 19.4. The lowest BCUT2D eigenvalue weighted by molar-refractivity contribution is -0.384. The third-order valence-corrected chi connectivity index (χ3v) is 5.12. The highest BCUT2D eigenvalue weighted by Crippen LogP contribution is 2.26. The summed E-state index contributed by atoms with van der Waals surface area (Å²) in [6.45, 7) is 3.76. The maximum absolute atomic E-state index is 12.1. The average molecular weight is 385 g/mol. The van der Waals surface area contributed by atoms with Crippen LogP contribution in [0, 0.1) is 24.0 Å². The summed E-state index contributed by atoms with van der Waals surface area (Å²) >= 11 is 1.42. The number of thiazole rings is 1. The molecular weight excluding hydrogens is 366 g/mol. The van der Waals surface area contributed by atoms with Gasteiger partial charge in [-0.1, -0.05) is 12.1 Å². The molecule has 0 aliphatic heterocycles. The molecule has 140 valence electrons. The number of non-ortho nitro benzene ring substituents is 1. The predicted octanol–water partition coefficient (Wildman–Crippen LogP) is 4.42. The van der Waals surface area contributed by atoms with Gasteiger partial charge < -0.3 is 9.73 Å². The van der Waals surface area contributed by atoms with E-state index in [0.29, 0.717) is 24.4 Å². The number of hydrogen-bond donors (Lipinski definition) is 1. The molecule has 1 amide bonds. The van der Waals surface area contributed by atoms with E-state index in [2.05, 4.69) is 10.3 Å². The number of furan rings is 1. The number of nitro groups is 1. The summed E-state index contributed by atoms with van der Waals surface area (Å²) in [7, 11) is 0. The van der Waals surface area contributed by atoms with Crippen molar-refractivity contribution >= 4 is 28.1 Å². The fourth-order valence-corrected chi connectivity index (χ4v) is 3.62. The van der Waals surface area contributed by atoms with Crippen molar-refractivity contribution in [3.63, 3.8) is 0 Å². The molecule has 1 N–H and O–H groups in total. The van der Waals surface area contributed by atoms with E-state index in [4.69, 9.17) is 4.42 Å². The van der Waals surface area contributed by atoms with Gasteiger partial charge in [0.05, 0.1) is 10.6 Å². The number of nitrogens with one attached hydrogen (secondary N) is 1. The molecule has 0 atom stereocenters. The van der Waals surface area contributed by atoms with Gasteiger partial charge >= 0.3 is 0 Å². The highest BCUT2D eigenvalue weighted by molar-refractivity contribution is 7.15. The van der Waals surface area contributed by atoms with E-state index in [9.17, 15) is 14.9 Å². The summed E-state index contributed by atoms with van der Waals surface area (Å²) < 4.78 is 5.46. The molecular formula is C19H19N3O4S. The summed E-state index contributed by atoms with van der Waals surface area (Å²) in [5.41, 5.74) is 1.87. The first-order valence-electron chi connectivity index (χ1n) is 8.45. The lowest BCUT2D eigenvalue weighted by atomic mass is 10.1. The van der Waals surface area contributed by atoms with E-state index in [0.717, 1.165) is 27.7 Å². The molecule has 0 fully saturated rings. The molecule has 7 nitrogen and oxygen atoms in total. The number of benzene rings is 1. The van der Waals surface area contributed by atoms with Crippen LogP contribution in [-0.4, -0.2) is 15.8 Å². The monoisotopic (exact) mass is 385 g/mol. The Morgan fingerprint density at radius 1 is 1.22 bits per heavy atom. The van der Waals surface area contributed by atoms with Crippen molar-refractivity contribution < 1.29 is 14.1 Å². The number of nitrogens with zero attached hydrogens (tertiary/aromatic N) is 2. The predicted molar refractivity (Wildman–Crippen MR) is 103 cm³/mol. The summed E-state index contributed by atoms with van der Waals surface area (Å²) in [5.74, 6) is 1.51. The molecule has 0 unspecified atom stereocenters. The lowest BCUT2D eigenvalue weighted by Crippen LogP contribution is -2.11. The van der Waals surface area contributed by atoms with Crippen LogP contribution in [0.4, 0.5) is 10.8 Å². The van der Waals surface area contributed by atoms with E-state index in [1.54, 1.807) is 12.1 Å². The number of hydrogen-bond acceptors (Lipinski definition) is 6. The Bertz CT molecular complexity index is 960. The number of anilines is 1. The minimum Gasteiger partial charge on any atom is -0.466 e. The van der Waals surface area contributed by atoms with Gasteiger partial charge in [-0.3, -0.25) is 14.9 Å². The van der Waals surface area contributed by atoms with E-state index in [1.807, 2.05) is 26.0 Å². The number of aryl methyl sites for hydroxylation is 3. The van der Waals surface area contributed by atoms with Gasteiger partial charge in [-0.15, -0.1) is 11.3 Å². The zero-order valence-corrected chi connectivity index (χ0v) is 15.8. The van der Waals surface area contributed by atoms with Crippen molar-refractivity contribution in [1.29, 1.82) is 0 Å². The molecule has 3 aromatic rings. The molecule has 0 aliphatic carbocycles. The van der Waals surface area contributed by atoms with E-state index in [-0.39, 0.29) is 11.6 Å². The normalized spacial score (nSPS) is 10.7. The second-order valence-electron chi connectivity index (χ2n) is 6.19. The SMILES string of the molecule is Cc1ccc(CCC(=O)Nc2nc(C)c(Cc3ccc([N+](=O)[O-])cc3)s2)o1. The maximum atomic E-state index is 12.1. The fraction of sp³-hybridized carbons (Fsp3) is 0.263. The van der Waals surface area contributed by atoms with Crippen molar-refractivity contribution in [2.24, 2.45) is 0 Å². The Morgan fingerprint density at radius 3 is 2.59 bits per heavy atom. The third-order valence-electron chi connectivity index (χ3n) is 4.05. The highest BCUT2D eigenvalue weighted by atomic mass is 32.1. The number of amides is 1. The minimum absolute atomic E-state index is 0.0690. The molecule has 2 heterocycles. The van der Waals surface area contributed by atoms with Gasteiger partial charge in [0.2, 0.25) is 5.91 Å². The quantitative estimate of drug-likeness (QED) is 0.479. The molecule has 0 spiro atoms. The minimum atomic E-state index is -0.417. The molecule has 1 aromatic carbocycles. The molecule has 0 saturated heterocycles. The average Bonchev–Trinajstić information content (AvgIpc) is 3.19. The summed E-state index contributed by atoms with van der Waals surface area (Å²) in [4.78, 5) is 27.9. The van der Waals surface area contributed by atoms with Crippen molar-refractivity contribution in [3.8, 4) is 0 Å². The van der Waals surface area contributed by atoms with Crippen LogP contribution < -0.4 is 5.32 Å². The van der Waals surface area contributed by atoms with Crippen LogP contribution in [0.5, 0.6) is 0 Å². The zero-order valence-electron chi connectivity index (χ0n) is 15.0. The molecule has 0 radical (unpaired) electrons. The molecule has 3 rings (SSSR count). The van der Waals surface area contributed by atoms with Gasteiger partial charge in [0.15, 0.2) is 5.13 Å². The Morgan fingerprint density at radius 2 is 1.96 bits per heavy atom. The van der Waals surface area contributed by atoms with Gasteiger partial charge in [-0.05, 0) is 31.5 Å². The van der Waals surface area contributed by atoms with Crippen LogP contribution in [0.25, 0.3) is 0 Å². The second-order valence-corrected chi connectivity index (χ2v) is 7.27. The summed E-state index contributed by atoms with van der Waals surface area (Å²) in [6, 6.07) is 10.2. The third kappa shape index (κ3) is 5.01. The highest BCUT2D eigenvalue weighted by Gasteiger charge is 2.12. The first-order chi connectivity index (χ1) is 12.9.